The molecule has 112 valence electrons. The summed E-state index contributed by atoms with van der Waals surface area (Å²) in [6.07, 6.45) is 9.96. The van der Waals surface area contributed by atoms with E-state index < -0.39 is 0 Å². The Labute approximate surface area is 120 Å². The lowest BCUT2D eigenvalue weighted by molar-refractivity contribution is 0.132. The van der Waals surface area contributed by atoms with Crippen molar-refractivity contribution in [1.82, 2.24) is 10.2 Å². The summed E-state index contributed by atoms with van der Waals surface area (Å²) in [5.74, 6) is 0.853. The van der Waals surface area contributed by atoms with Gasteiger partial charge in [-0.15, -0.1) is 0 Å². The second-order valence-electron chi connectivity index (χ2n) is 7.43. The molecule has 0 aromatic carbocycles. The summed E-state index contributed by atoms with van der Waals surface area (Å²) < 4.78 is 0. The van der Waals surface area contributed by atoms with Crippen LogP contribution in [0.2, 0.25) is 0 Å². The first-order valence-electron chi connectivity index (χ1n) is 8.59. The highest BCUT2D eigenvalue weighted by molar-refractivity contribution is 4.89. The minimum atomic E-state index is 0.653. The molecule has 1 saturated carbocycles. The Balaban J connectivity index is 1.90. The molecule has 1 atom stereocenters. The summed E-state index contributed by atoms with van der Waals surface area (Å²) in [6.45, 7) is 12.2. The third kappa shape index (κ3) is 4.46. The zero-order chi connectivity index (χ0) is 13.7. The Morgan fingerprint density at radius 1 is 1.21 bits per heavy atom. The van der Waals surface area contributed by atoms with Crippen molar-refractivity contribution in [3.8, 4) is 0 Å². The molecular formula is C17H34N2. The minimum absolute atomic E-state index is 0.653. The van der Waals surface area contributed by atoms with Crippen LogP contribution in [0.5, 0.6) is 0 Å². The maximum atomic E-state index is 3.70. The number of nitrogens with zero attached hydrogens (tertiary/aromatic N) is 1. The fourth-order valence-corrected chi connectivity index (χ4v) is 4.38. The first-order valence-corrected chi connectivity index (χ1v) is 8.59. The molecule has 19 heavy (non-hydrogen) atoms. The smallest absolute Gasteiger partial charge is 0.0107 e. The number of hydrogen-bond acceptors (Lipinski definition) is 2. The van der Waals surface area contributed by atoms with Crippen LogP contribution in [0.4, 0.5) is 0 Å². The quantitative estimate of drug-likeness (QED) is 0.817. The van der Waals surface area contributed by atoms with Crippen molar-refractivity contribution >= 4 is 0 Å². The molecular weight excluding hydrogens is 232 g/mol. The largest absolute Gasteiger partial charge is 0.313 e. The molecule has 0 amide bonds. The average molecular weight is 266 g/mol. The van der Waals surface area contributed by atoms with Gasteiger partial charge in [0.15, 0.2) is 0 Å². The molecule has 2 aliphatic rings. The predicted octanol–water partition coefficient (Wildman–Crippen LogP) is 3.67. The Morgan fingerprint density at radius 2 is 1.95 bits per heavy atom. The van der Waals surface area contributed by atoms with Crippen molar-refractivity contribution in [3.63, 3.8) is 0 Å². The van der Waals surface area contributed by atoms with Gasteiger partial charge in [-0.05, 0) is 50.0 Å². The van der Waals surface area contributed by atoms with E-state index in [1.54, 1.807) is 0 Å². The van der Waals surface area contributed by atoms with Gasteiger partial charge in [0, 0.05) is 25.7 Å². The molecule has 1 unspecified atom stereocenters. The molecule has 1 saturated heterocycles. The third-order valence-electron chi connectivity index (χ3n) is 5.21. The van der Waals surface area contributed by atoms with Gasteiger partial charge in [0.2, 0.25) is 0 Å². The molecule has 2 heteroatoms. The summed E-state index contributed by atoms with van der Waals surface area (Å²) in [7, 11) is 0. The highest BCUT2D eigenvalue weighted by Crippen LogP contribution is 2.43. The first-order chi connectivity index (χ1) is 9.13. The molecule has 0 bridgehead atoms. The summed E-state index contributed by atoms with van der Waals surface area (Å²) >= 11 is 0. The summed E-state index contributed by atoms with van der Waals surface area (Å²) in [4.78, 5) is 2.76. The van der Waals surface area contributed by atoms with Gasteiger partial charge < -0.3 is 10.2 Å². The van der Waals surface area contributed by atoms with E-state index in [0.29, 0.717) is 5.41 Å². The topological polar surface area (TPSA) is 15.3 Å². The Hall–Kier alpha value is -0.0800. The highest BCUT2D eigenvalue weighted by Gasteiger charge is 2.36. The molecule has 2 fully saturated rings. The van der Waals surface area contributed by atoms with Crippen LogP contribution < -0.4 is 5.32 Å². The fourth-order valence-electron chi connectivity index (χ4n) is 4.38. The van der Waals surface area contributed by atoms with Crippen LogP contribution in [-0.4, -0.2) is 37.1 Å². The number of hydrogen-bond donors (Lipinski definition) is 1. The first kappa shape index (κ1) is 15.3. The van der Waals surface area contributed by atoms with Crippen LogP contribution >= 0.6 is 0 Å². The maximum Gasteiger partial charge on any atom is 0.0107 e. The monoisotopic (exact) mass is 266 g/mol. The molecule has 1 aliphatic carbocycles. The van der Waals surface area contributed by atoms with Crippen LogP contribution in [0.3, 0.4) is 0 Å². The fraction of sp³-hybridized carbons (Fsp3) is 1.00. The Bertz CT molecular complexity index is 256. The van der Waals surface area contributed by atoms with Gasteiger partial charge in [0.05, 0.1) is 0 Å². The molecule has 0 radical (unpaired) electrons. The van der Waals surface area contributed by atoms with Crippen LogP contribution in [0.15, 0.2) is 0 Å². The number of rotatable bonds is 5. The van der Waals surface area contributed by atoms with E-state index >= 15 is 0 Å². The molecule has 0 spiro atoms. The lowest BCUT2D eigenvalue weighted by Gasteiger charge is -2.36. The zero-order valence-corrected chi connectivity index (χ0v) is 13.4. The van der Waals surface area contributed by atoms with Crippen LogP contribution in [0, 0.1) is 11.3 Å². The number of nitrogens with one attached hydrogen (secondary N) is 1. The zero-order valence-electron chi connectivity index (χ0n) is 13.4. The van der Waals surface area contributed by atoms with E-state index in [4.69, 9.17) is 0 Å². The molecule has 1 N–H and O–H groups in total. The van der Waals surface area contributed by atoms with Crippen molar-refractivity contribution in [1.29, 1.82) is 0 Å². The second-order valence-corrected chi connectivity index (χ2v) is 7.43. The molecule has 0 aromatic rings. The van der Waals surface area contributed by atoms with Crippen molar-refractivity contribution in [3.05, 3.63) is 0 Å². The molecule has 1 heterocycles. The van der Waals surface area contributed by atoms with E-state index in [-0.39, 0.29) is 0 Å². The lowest BCUT2D eigenvalue weighted by Crippen LogP contribution is -2.39. The van der Waals surface area contributed by atoms with E-state index in [2.05, 4.69) is 31.0 Å². The van der Waals surface area contributed by atoms with Crippen molar-refractivity contribution in [2.75, 3.05) is 26.2 Å². The molecule has 1 aliphatic heterocycles. The molecule has 0 aromatic heterocycles. The summed E-state index contributed by atoms with van der Waals surface area (Å²) in [6, 6.07) is 0.759. The van der Waals surface area contributed by atoms with E-state index in [1.165, 1.54) is 71.1 Å². The van der Waals surface area contributed by atoms with Crippen molar-refractivity contribution in [2.24, 2.45) is 11.3 Å². The van der Waals surface area contributed by atoms with Gasteiger partial charge in [-0.3, -0.25) is 0 Å². The third-order valence-corrected chi connectivity index (χ3v) is 5.21. The van der Waals surface area contributed by atoms with Gasteiger partial charge in [0.25, 0.3) is 0 Å². The average Bonchev–Trinajstić information content (AvgIpc) is 2.68. The maximum absolute atomic E-state index is 3.70. The van der Waals surface area contributed by atoms with Crippen LogP contribution in [0.1, 0.15) is 65.7 Å². The Morgan fingerprint density at radius 3 is 2.58 bits per heavy atom. The van der Waals surface area contributed by atoms with E-state index in [1.807, 2.05) is 0 Å². The lowest BCUT2D eigenvalue weighted by atomic mass is 9.78. The molecule has 2 nitrogen and oxygen atoms in total. The standard InChI is InChI=1S/C17H34N2/c1-4-16-7-11-19(12-10-18-16)14-17(13-15(2)3)8-5-6-9-17/h15-16,18H,4-14H2,1-3H3. The Kier molecular flexibility index (Phi) is 5.70. The van der Waals surface area contributed by atoms with Gasteiger partial charge in [-0.25, -0.2) is 0 Å². The van der Waals surface area contributed by atoms with E-state index in [9.17, 15) is 0 Å². The second kappa shape index (κ2) is 7.08. The van der Waals surface area contributed by atoms with Crippen LogP contribution in [-0.2, 0) is 0 Å². The highest BCUT2D eigenvalue weighted by atomic mass is 15.2. The van der Waals surface area contributed by atoms with Gasteiger partial charge in [0.1, 0.15) is 0 Å². The summed E-state index contributed by atoms with van der Waals surface area (Å²) in [5, 5.41) is 3.70. The summed E-state index contributed by atoms with van der Waals surface area (Å²) in [5.41, 5.74) is 0.653. The van der Waals surface area contributed by atoms with E-state index in [0.717, 1.165) is 12.0 Å². The van der Waals surface area contributed by atoms with Gasteiger partial charge in [-0.1, -0.05) is 33.6 Å². The normalized spacial score (nSPS) is 28.7. The SMILES string of the molecule is CCC1CCN(CC2(CC(C)C)CCCC2)CCN1. The molecule has 2 rings (SSSR count). The van der Waals surface area contributed by atoms with Crippen molar-refractivity contribution in [2.45, 2.75) is 71.8 Å². The van der Waals surface area contributed by atoms with Gasteiger partial charge in [-0.2, -0.15) is 0 Å². The van der Waals surface area contributed by atoms with Crippen LogP contribution in [0.25, 0.3) is 0 Å². The van der Waals surface area contributed by atoms with Gasteiger partial charge >= 0.3 is 0 Å². The predicted molar refractivity (Wildman–Crippen MR) is 83.5 cm³/mol. The minimum Gasteiger partial charge on any atom is -0.313 e. The van der Waals surface area contributed by atoms with Crippen molar-refractivity contribution < 1.29 is 0 Å².